The van der Waals surface area contributed by atoms with Gasteiger partial charge in [0.15, 0.2) is 0 Å². The predicted molar refractivity (Wildman–Crippen MR) is 110 cm³/mol. The molecular formula is C22H28F2N4O. The highest BCUT2D eigenvalue weighted by Crippen LogP contribution is 2.34. The predicted octanol–water partition coefficient (Wildman–Crippen LogP) is 5.21. The van der Waals surface area contributed by atoms with E-state index in [2.05, 4.69) is 28.2 Å². The molecule has 0 amide bonds. The van der Waals surface area contributed by atoms with Gasteiger partial charge in [-0.2, -0.15) is 0 Å². The van der Waals surface area contributed by atoms with Crippen LogP contribution in [0.15, 0.2) is 30.5 Å². The van der Waals surface area contributed by atoms with Crippen LogP contribution in [0.4, 0.5) is 26.2 Å². The van der Waals surface area contributed by atoms with Gasteiger partial charge in [-0.1, -0.05) is 0 Å². The fourth-order valence-electron chi connectivity index (χ4n) is 4.19. The van der Waals surface area contributed by atoms with Crippen molar-refractivity contribution < 1.29 is 13.5 Å². The van der Waals surface area contributed by atoms with Gasteiger partial charge in [-0.15, -0.1) is 0 Å². The Morgan fingerprint density at radius 2 is 1.93 bits per heavy atom. The molecule has 1 N–H and O–H groups in total. The van der Waals surface area contributed by atoms with Gasteiger partial charge >= 0.3 is 0 Å². The number of nitrogens with one attached hydrogen (secondary N) is 1. The first kappa shape index (κ1) is 20.0. The van der Waals surface area contributed by atoms with E-state index in [-0.39, 0.29) is 5.56 Å². The zero-order valence-electron chi connectivity index (χ0n) is 17.0. The topological polar surface area (TPSA) is 50.3 Å². The largest absolute Gasteiger partial charge is 0.381 e. The maximum absolute atomic E-state index is 13.7. The minimum Gasteiger partial charge on any atom is -0.381 e. The smallest absolute Gasteiger partial charge is 0.270 e. The third-order valence-electron chi connectivity index (χ3n) is 5.90. The Morgan fingerprint density at radius 3 is 2.62 bits per heavy atom. The van der Waals surface area contributed by atoms with Crippen molar-refractivity contribution in [1.82, 2.24) is 9.97 Å². The summed E-state index contributed by atoms with van der Waals surface area (Å²) in [5.41, 5.74) is 1.15. The second-order valence-corrected chi connectivity index (χ2v) is 8.16. The molecule has 0 saturated carbocycles. The molecule has 2 aromatic rings. The Labute approximate surface area is 170 Å². The lowest BCUT2D eigenvalue weighted by molar-refractivity contribution is 0.0174. The van der Waals surface area contributed by atoms with Gasteiger partial charge in [-0.05, 0) is 68.4 Å². The number of alkyl halides is 2. The summed E-state index contributed by atoms with van der Waals surface area (Å²) in [4.78, 5) is 11.3. The van der Waals surface area contributed by atoms with Crippen molar-refractivity contribution in [3.63, 3.8) is 0 Å². The second-order valence-electron chi connectivity index (χ2n) is 8.16. The molecule has 0 aliphatic carbocycles. The van der Waals surface area contributed by atoms with E-state index >= 15 is 0 Å². The van der Waals surface area contributed by atoms with E-state index in [1.54, 1.807) is 0 Å². The van der Waals surface area contributed by atoms with Crippen molar-refractivity contribution in [2.45, 2.75) is 57.4 Å². The zero-order valence-corrected chi connectivity index (χ0v) is 17.0. The van der Waals surface area contributed by atoms with Crippen LogP contribution >= 0.6 is 0 Å². The molecule has 29 heavy (non-hydrogen) atoms. The van der Waals surface area contributed by atoms with E-state index in [1.165, 1.54) is 23.9 Å². The zero-order chi connectivity index (χ0) is 20.4. The number of hydrogen-bond donors (Lipinski definition) is 1. The molecule has 156 valence electrons. The summed E-state index contributed by atoms with van der Waals surface area (Å²) >= 11 is 0. The summed E-state index contributed by atoms with van der Waals surface area (Å²) < 4.78 is 32.9. The van der Waals surface area contributed by atoms with Crippen molar-refractivity contribution >= 4 is 17.5 Å². The average molecular weight is 402 g/mol. The van der Waals surface area contributed by atoms with Gasteiger partial charge in [-0.25, -0.2) is 18.7 Å². The van der Waals surface area contributed by atoms with Crippen molar-refractivity contribution in [3.8, 4) is 0 Å². The van der Waals surface area contributed by atoms with Crippen molar-refractivity contribution in [1.29, 1.82) is 0 Å². The molecule has 5 nitrogen and oxygen atoms in total. The summed E-state index contributed by atoms with van der Waals surface area (Å²) in [6, 6.07) is 7.39. The minimum absolute atomic E-state index is 0.0658. The molecule has 0 unspecified atom stereocenters. The monoisotopic (exact) mass is 402 g/mol. The van der Waals surface area contributed by atoms with Gasteiger partial charge in [0.05, 0.1) is 0 Å². The summed E-state index contributed by atoms with van der Waals surface area (Å²) in [7, 11) is 0. The Kier molecular flexibility index (Phi) is 5.67. The third kappa shape index (κ3) is 4.66. The van der Waals surface area contributed by atoms with Gasteiger partial charge in [0.2, 0.25) is 0 Å². The number of halogens is 2. The maximum atomic E-state index is 13.7. The maximum Gasteiger partial charge on any atom is 0.270 e. The normalized spacial score (nSPS) is 20.8. The summed E-state index contributed by atoms with van der Waals surface area (Å²) in [6.07, 6.45) is 5.67. The number of nitrogens with zero attached hydrogens (tertiary/aromatic N) is 3. The van der Waals surface area contributed by atoms with Gasteiger partial charge in [0.1, 0.15) is 17.5 Å². The Hall–Kier alpha value is -2.28. The number of anilines is 3. The molecule has 1 atom stereocenters. The summed E-state index contributed by atoms with van der Waals surface area (Å²) in [5.74, 6) is -0.526. The second kappa shape index (κ2) is 8.22. The lowest BCUT2D eigenvalue weighted by atomic mass is 9.92. The molecule has 2 aliphatic heterocycles. The van der Waals surface area contributed by atoms with Gasteiger partial charge in [0, 0.05) is 44.5 Å². The molecule has 0 radical (unpaired) electrons. The highest BCUT2D eigenvalue weighted by molar-refractivity contribution is 5.59. The van der Waals surface area contributed by atoms with Gasteiger partial charge < -0.3 is 15.0 Å². The number of hydrogen-bond acceptors (Lipinski definition) is 5. The van der Waals surface area contributed by atoms with Crippen LogP contribution < -0.4 is 10.2 Å². The number of pyridine rings is 2. The average Bonchev–Trinajstić information content (AvgIpc) is 3.14. The third-order valence-corrected chi connectivity index (χ3v) is 5.90. The minimum atomic E-state index is -2.91. The van der Waals surface area contributed by atoms with Gasteiger partial charge in [0.25, 0.3) is 5.92 Å². The Bertz CT molecular complexity index is 849. The van der Waals surface area contributed by atoms with Crippen LogP contribution in [0.3, 0.4) is 0 Å². The lowest BCUT2D eigenvalue weighted by Gasteiger charge is -2.27. The number of rotatable bonds is 5. The molecule has 0 bridgehead atoms. The van der Waals surface area contributed by atoms with Crippen LogP contribution in [0.5, 0.6) is 0 Å². The van der Waals surface area contributed by atoms with E-state index in [1.807, 2.05) is 6.07 Å². The van der Waals surface area contributed by atoms with Crippen LogP contribution in [-0.2, 0) is 10.7 Å². The lowest BCUT2D eigenvalue weighted by Crippen LogP contribution is -2.27. The molecule has 0 aromatic carbocycles. The number of aromatic nitrogens is 2. The van der Waals surface area contributed by atoms with Gasteiger partial charge in [-0.3, -0.25) is 0 Å². The SMILES string of the molecule is C[C@@H]1CCCN1c1cc(C2CCOCC2)cc(Nc2cc(C(C)(F)F)ccn2)n1. The Balaban J connectivity index is 1.66. The fraction of sp³-hybridized carbons (Fsp3) is 0.545. The molecular weight excluding hydrogens is 374 g/mol. The van der Waals surface area contributed by atoms with E-state index in [9.17, 15) is 8.78 Å². The molecule has 0 spiro atoms. The molecule has 2 aliphatic rings. The first-order valence-electron chi connectivity index (χ1n) is 10.4. The van der Waals surface area contributed by atoms with E-state index in [4.69, 9.17) is 9.72 Å². The molecule has 2 aromatic heterocycles. The number of ether oxygens (including phenoxy) is 1. The summed E-state index contributed by atoms with van der Waals surface area (Å²) in [6.45, 7) is 5.63. The molecule has 7 heteroatoms. The summed E-state index contributed by atoms with van der Waals surface area (Å²) in [5, 5.41) is 3.16. The first-order chi connectivity index (χ1) is 13.9. The van der Waals surface area contributed by atoms with E-state index in [0.717, 1.165) is 58.2 Å². The van der Waals surface area contributed by atoms with Crippen molar-refractivity contribution in [2.24, 2.45) is 0 Å². The highest BCUT2D eigenvalue weighted by atomic mass is 19.3. The van der Waals surface area contributed by atoms with Crippen molar-refractivity contribution in [2.75, 3.05) is 30.0 Å². The standard InChI is InChI=1S/C22H28F2N4O/c1-15-4-3-9-28(15)21-13-17(16-6-10-29-11-7-16)12-20(27-21)26-19-14-18(5-8-25-19)22(2,23)24/h5,8,12-16H,3-4,6-7,9-11H2,1-2H3,(H,25,26,27)/t15-/m1/s1. The van der Waals surface area contributed by atoms with Crippen LogP contribution in [0, 0.1) is 0 Å². The van der Waals surface area contributed by atoms with Crippen LogP contribution in [0.2, 0.25) is 0 Å². The fourth-order valence-corrected chi connectivity index (χ4v) is 4.19. The molecule has 2 fully saturated rings. The quantitative estimate of drug-likeness (QED) is 0.744. The van der Waals surface area contributed by atoms with Crippen LogP contribution in [0.1, 0.15) is 56.6 Å². The van der Waals surface area contributed by atoms with E-state index < -0.39 is 5.92 Å². The van der Waals surface area contributed by atoms with Crippen LogP contribution in [-0.4, -0.2) is 35.8 Å². The molecule has 2 saturated heterocycles. The highest BCUT2D eigenvalue weighted by Gasteiger charge is 2.26. The Morgan fingerprint density at radius 1 is 1.14 bits per heavy atom. The van der Waals surface area contributed by atoms with Crippen LogP contribution in [0.25, 0.3) is 0 Å². The first-order valence-corrected chi connectivity index (χ1v) is 10.4. The molecule has 4 heterocycles. The van der Waals surface area contributed by atoms with Crippen molar-refractivity contribution in [3.05, 3.63) is 41.6 Å². The van der Waals surface area contributed by atoms with E-state index in [0.29, 0.717) is 23.6 Å². The molecule has 4 rings (SSSR count).